The number of nitrogens with zero attached hydrogens (tertiary/aromatic N) is 2. The van der Waals surface area contributed by atoms with Gasteiger partial charge in [0.25, 0.3) is 0 Å². The average Bonchev–Trinajstić information content (AvgIpc) is 2.60. The molecule has 0 atom stereocenters. The Balaban J connectivity index is 1.87. The largest absolute Gasteiger partial charge is 0.494 e. The molecule has 6 nitrogen and oxygen atoms in total. The molecule has 0 aliphatic carbocycles. The van der Waals surface area contributed by atoms with E-state index < -0.39 is 11.4 Å². The summed E-state index contributed by atoms with van der Waals surface area (Å²) in [6.45, 7) is 6.81. The fourth-order valence-electron chi connectivity index (χ4n) is 3.11. The summed E-state index contributed by atoms with van der Waals surface area (Å²) < 4.78 is 24.1. The number of hydrogen-bond donors (Lipinski definition) is 0. The lowest BCUT2D eigenvalue weighted by molar-refractivity contribution is -0.136. The van der Waals surface area contributed by atoms with Crippen LogP contribution in [0.2, 0.25) is 0 Å². The first-order valence-corrected chi connectivity index (χ1v) is 9.16. The van der Waals surface area contributed by atoms with Crippen molar-refractivity contribution >= 4 is 12.0 Å². The quantitative estimate of drug-likeness (QED) is 0.803. The van der Waals surface area contributed by atoms with Gasteiger partial charge in [-0.05, 0) is 51.3 Å². The molecule has 1 aliphatic heterocycles. The van der Waals surface area contributed by atoms with E-state index in [4.69, 9.17) is 9.47 Å². The second-order valence-corrected chi connectivity index (χ2v) is 7.90. The predicted octanol–water partition coefficient (Wildman–Crippen LogP) is 3.44. The minimum atomic E-state index is -0.530. The summed E-state index contributed by atoms with van der Waals surface area (Å²) >= 11 is 0. The summed E-state index contributed by atoms with van der Waals surface area (Å²) in [5, 5.41) is 0. The minimum Gasteiger partial charge on any atom is -0.494 e. The first-order chi connectivity index (χ1) is 12.6. The van der Waals surface area contributed by atoms with Crippen molar-refractivity contribution in [1.82, 2.24) is 9.80 Å². The third kappa shape index (κ3) is 5.84. The second-order valence-electron chi connectivity index (χ2n) is 7.90. The lowest BCUT2D eigenvalue weighted by Gasteiger charge is -2.34. The van der Waals surface area contributed by atoms with Crippen molar-refractivity contribution in [3.05, 3.63) is 29.6 Å². The number of rotatable bonds is 4. The molecule has 27 heavy (non-hydrogen) atoms. The van der Waals surface area contributed by atoms with Gasteiger partial charge < -0.3 is 19.3 Å². The number of benzene rings is 1. The third-order valence-corrected chi connectivity index (χ3v) is 4.51. The van der Waals surface area contributed by atoms with E-state index in [-0.39, 0.29) is 23.7 Å². The Labute approximate surface area is 160 Å². The number of methoxy groups -OCH3 is 1. The van der Waals surface area contributed by atoms with Gasteiger partial charge in [-0.25, -0.2) is 9.18 Å². The molecular formula is C20H29FN2O4. The number of amides is 2. The van der Waals surface area contributed by atoms with E-state index in [0.717, 1.165) is 0 Å². The summed E-state index contributed by atoms with van der Waals surface area (Å²) in [6.07, 6.45) is 0.856. The minimum absolute atomic E-state index is 0.00932. The normalized spacial score (nSPS) is 15.4. The molecule has 150 valence electrons. The summed E-state index contributed by atoms with van der Waals surface area (Å²) in [6, 6.07) is 4.69. The molecule has 1 aliphatic rings. The van der Waals surface area contributed by atoms with Crippen LogP contribution in [0.3, 0.4) is 0 Å². The number of likely N-dealkylation sites (tertiary alicyclic amines) is 1. The van der Waals surface area contributed by atoms with Crippen LogP contribution >= 0.6 is 0 Å². The Morgan fingerprint density at radius 2 is 1.89 bits per heavy atom. The summed E-state index contributed by atoms with van der Waals surface area (Å²) in [5.41, 5.74) is 0.174. The van der Waals surface area contributed by atoms with Crippen LogP contribution < -0.4 is 4.74 Å². The molecule has 2 rings (SSSR count). The fraction of sp³-hybridized carbons (Fsp3) is 0.600. The van der Waals surface area contributed by atoms with Crippen LogP contribution in [0.15, 0.2) is 18.2 Å². The van der Waals surface area contributed by atoms with Crippen LogP contribution in [-0.4, -0.2) is 54.6 Å². The van der Waals surface area contributed by atoms with Crippen molar-refractivity contribution in [2.75, 3.05) is 27.2 Å². The van der Waals surface area contributed by atoms with Crippen molar-refractivity contribution < 1.29 is 23.5 Å². The van der Waals surface area contributed by atoms with Gasteiger partial charge in [0.1, 0.15) is 5.60 Å². The number of hydrogen-bond acceptors (Lipinski definition) is 4. The van der Waals surface area contributed by atoms with E-state index in [1.807, 2.05) is 20.8 Å². The molecule has 1 fully saturated rings. The zero-order valence-electron chi connectivity index (χ0n) is 16.8. The molecule has 0 unspecified atom stereocenters. The molecule has 1 heterocycles. The predicted molar refractivity (Wildman–Crippen MR) is 100.0 cm³/mol. The Morgan fingerprint density at radius 1 is 1.26 bits per heavy atom. The van der Waals surface area contributed by atoms with Gasteiger partial charge in [0.15, 0.2) is 11.6 Å². The zero-order chi connectivity index (χ0) is 20.2. The second kappa shape index (κ2) is 8.59. The van der Waals surface area contributed by atoms with Crippen LogP contribution in [-0.2, 0) is 16.1 Å². The molecule has 0 spiro atoms. The molecule has 0 saturated carbocycles. The van der Waals surface area contributed by atoms with Gasteiger partial charge in [0.2, 0.25) is 5.91 Å². The Kier molecular flexibility index (Phi) is 6.68. The van der Waals surface area contributed by atoms with Crippen LogP contribution in [0.5, 0.6) is 5.75 Å². The molecule has 2 amide bonds. The van der Waals surface area contributed by atoms with Crippen molar-refractivity contribution in [2.24, 2.45) is 5.92 Å². The molecule has 1 aromatic rings. The molecule has 0 radical (unpaired) electrons. The average molecular weight is 380 g/mol. The van der Waals surface area contributed by atoms with E-state index in [1.54, 1.807) is 29.0 Å². The number of ether oxygens (including phenoxy) is 2. The zero-order valence-corrected chi connectivity index (χ0v) is 16.8. The highest BCUT2D eigenvalue weighted by Gasteiger charge is 2.31. The summed E-state index contributed by atoms with van der Waals surface area (Å²) in [5.74, 6) is -0.393. The van der Waals surface area contributed by atoms with Gasteiger partial charge in [-0.2, -0.15) is 0 Å². The van der Waals surface area contributed by atoms with E-state index in [2.05, 4.69) is 0 Å². The van der Waals surface area contributed by atoms with Crippen molar-refractivity contribution in [3.8, 4) is 5.75 Å². The fourth-order valence-corrected chi connectivity index (χ4v) is 3.11. The number of carbonyl (C=O) groups excluding carboxylic acids is 2. The number of piperidine rings is 1. The standard InChI is InChI=1S/C20H29FN2O4/c1-20(2,3)27-19(25)23-10-8-15(9-11-23)18(24)22(4)13-14-6-7-17(26-5)16(21)12-14/h6-7,12,15H,8-11,13H2,1-5H3. The smallest absolute Gasteiger partial charge is 0.410 e. The first kappa shape index (κ1) is 21.0. The van der Waals surface area contributed by atoms with Crippen molar-refractivity contribution in [1.29, 1.82) is 0 Å². The van der Waals surface area contributed by atoms with E-state index in [9.17, 15) is 14.0 Å². The molecule has 1 aromatic carbocycles. The third-order valence-electron chi connectivity index (χ3n) is 4.51. The Bertz CT molecular complexity index is 679. The van der Waals surface area contributed by atoms with Gasteiger partial charge in [-0.1, -0.05) is 6.07 Å². The topological polar surface area (TPSA) is 59.1 Å². The highest BCUT2D eigenvalue weighted by atomic mass is 19.1. The van der Waals surface area contributed by atoms with E-state index >= 15 is 0 Å². The SMILES string of the molecule is COc1ccc(CN(C)C(=O)C2CCN(C(=O)OC(C)(C)C)CC2)cc1F. The van der Waals surface area contributed by atoms with Gasteiger partial charge in [0, 0.05) is 32.6 Å². The molecule has 0 aromatic heterocycles. The highest BCUT2D eigenvalue weighted by Crippen LogP contribution is 2.23. The summed E-state index contributed by atoms with van der Waals surface area (Å²) in [7, 11) is 3.13. The van der Waals surface area contributed by atoms with Crippen LogP contribution in [0.1, 0.15) is 39.2 Å². The Morgan fingerprint density at radius 3 is 2.41 bits per heavy atom. The van der Waals surface area contributed by atoms with Gasteiger partial charge in [-0.15, -0.1) is 0 Å². The maximum Gasteiger partial charge on any atom is 0.410 e. The maximum absolute atomic E-state index is 13.8. The molecule has 0 bridgehead atoms. The van der Waals surface area contributed by atoms with Gasteiger partial charge >= 0.3 is 6.09 Å². The lowest BCUT2D eigenvalue weighted by Crippen LogP contribution is -2.45. The number of carbonyl (C=O) groups is 2. The molecular weight excluding hydrogens is 351 g/mol. The van der Waals surface area contributed by atoms with Gasteiger partial charge in [-0.3, -0.25) is 4.79 Å². The summed E-state index contributed by atoms with van der Waals surface area (Å²) in [4.78, 5) is 28.1. The van der Waals surface area contributed by atoms with Gasteiger partial charge in [0.05, 0.1) is 7.11 Å². The van der Waals surface area contributed by atoms with Crippen LogP contribution in [0, 0.1) is 11.7 Å². The van der Waals surface area contributed by atoms with Crippen molar-refractivity contribution in [2.45, 2.75) is 45.8 Å². The van der Waals surface area contributed by atoms with Crippen LogP contribution in [0.25, 0.3) is 0 Å². The first-order valence-electron chi connectivity index (χ1n) is 9.16. The molecule has 0 N–H and O–H groups in total. The monoisotopic (exact) mass is 380 g/mol. The van der Waals surface area contributed by atoms with Crippen LogP contribution in [0.4, 0.5) is 9.18 Å². The maximum atomic E-state index is 13.8. The Hall–Kier alpha value is -2.31. The molecule has 1 saturated heterocycles. The molecule has 7 heteroatoms. The number of halogens is 1. The highest BCUT2D eigenvalue weighted by molar-refractivity contribution is 5.79. The van der Waals surface area contributed by atoms with E-state index in [1.165, 1.54) is 13.2 Å². The lowest BCUT2D eigenvalue weighted by atomic mass is 9.95. The van der Waals surface area contributed by atoms with E-state index in [0.29, 0.717) is 38.0 Å². The van der Waals surface area contributed by atoms with Crippen molar-refractivity contribution in [3.63, 3.8) is 0 Å².